The quantitative estimate of drug-likeness (QED) is 0.501. The topological polar surface area (TPSA) is 0 Å². The highest BCUT2D eigenvalue weighted by atomic mass is 14.0. The molecule has 0 saturated heterocycles. The second-order valence-corrected chi connectivity index (χ2v) is 3.93. The van der Waals surface area contributed by atoms with Crippen LogP contribution < -0.4 is 0 Å². The Labute approximate surface area is 77.7 Å². The van der Waals surface area contributed by atoms with Crippen molar-refractivity contribution in [1.82, 2.24) is 0 Å². The Morgan fingerprint density at radius 1 is 0.417 bits per heavy atom. The molecule has 0 heterocycles. The zero-order valence-electron chi connectivity index (χ0n) is 8.28. The van der Waals surface area contributed by atoms with Crippen molar-refractivity contribution in [2.45, 2.75) is 70.6 Å². The van der Waals surface area contributed by atoms with Crippen LogP contribution in [0.15, 0.2) is 0 Å². The molecule has 12 heavy (non-hydrogen) atoms. The van der Waals surface area contributed by atoms with Crippen LogP contribution in [0.1, 0.15) is 70.6 Å². The summed E-state index contributed by atoms with van der Waals surface area (Å²) in [5.41, 5.74) is 0. The minimum Gasteiger partial charge on any atom is -0.0533 e. The summed E-state index contributed by atoms with van der Waals surface area (Å²) in [5.74, 6) is 0. The minimum atomic E-state index is 1.25. The third-order valence-corrected chi connectivity index (χ3v) is 2.71. The molecule has 0 atom stereocenters. The Morgan fingerprint density at radius 2 is 0.750 bits per heavy atom. The predicted molar refractivity (Wildman–Crippen MR) is 54.0 cm³/mol. The third-order valence-electron chi connectivity index (χ3n) is 2.71. The van der Waals surface area contributed by atoms with Gasteiger partial charge in [0.1, 0.15) is 0 Å². The van der Waals surface area contributed by atoms with Gasteiger partial charge in [-0.15, -0.1) is 0 Å². The van der Waals surface area contributed by atoms with E-state index in [0.29, 0.717) is 0 Å². The SMILES string of the molecule is [C]1CCCCCCCCCCC1. The van der Waals surface area contributed by atoms with Crippen molar-refractivity contribution < 1.29 is 0 Å². The summed E-state index contributed by atoms with van der Waals surface area (Å²) in [4.78, 5) is 0. The molecule has 0 spiro atoms. The second kappa shape index (κ2) is 7.64. The summed E-state index contributed by atoms with van der Waals surface area (Å²) in [6.45, 7) is 0. The molecule has 0 amide bonds. The molecule has 0 aliphatic heterocycles. The van der Waals surface area contributed by atoms with Crippen molar-refractivity contribution in [3.63, 3.8) is 0 Å². The van der Waals surface area contributed by atoms with Gasteiger partial charge in [0.25, 0.3) is 0 Å². The van der Waals surface area contributed by atoms with Gasteiger partial charge in [-0.3, -0.25) is 0 Å². The molecule has 1 rings (SSSR count). The first kappa shape index (κ1) is 10.1. The first-order valence-corrected chi connectivity index (χ1v) is 5.71. The highest BCUT2D eigenvalue weighted by Gasteiger charge is 1.96. The van der Waals surface area contributed by atoms with E-state index < -0.39 is 0 Å². The van der Waals surface area contributed by atoms with Crippen LogP contribution in [0.5, 0.6) is 0 Å². The maximum Gasteiger partial charge on any atom is -0.0173 e. The van der Waals surface area contributed by atoms with E-state index >= 15 is 0 Å². The molecule has 1 fully saturated rings. The normalized spacial score (nSPS) is 24.0. The third kappa shape index (κ3) is 5.62. The van der Waals surface area contributed by atoms with Crippen molar-refractivity contribution in [1.29, 1.82) is 0 Å². The number of hydrogen-bond donors (Lipinski definition) is 0. The van der Waals surface area contributed by atoms with Crippen LogP contribution >= 0.6 is 0 Å². The average Bonchev–Trinajstić information content (AvgIpc) is 2.05. The molecule has 0 aromatic carbocycles. The van der Waals surface area contributed by atoms with Gasteiger partial charge in [-0.05, 0) is 19.3 Å². The molecule has 0 unspecified atom stereocenters. The highest BCUT2D eigenvalue weighted by molar-refractivity contribution is 4.65. The van der Waals surface area contributed by atoms with E-state index in [4.69, 9.17) is 0 Å². The van der Waals surface area contributed by atoms with Gasteiger partial charge < -0.3 is 0 Å². The van der Waals surface area contributed by atoms with E-state index in [1.165, 1.54) is 70.6 Å². The molecule has 2 radical (unpaired) electrons. The second-order valence-electron chi connectivity index (χ2n) is 3.93. The van der Waals surface area contributed by atoms with Crippen molar-refractivity contribution in [3.05, 3.63) is 6.42 Å². The summed E-state index contributed by atoms with van der Waals surface area (Å²) in [6, 6.07) is 0. The molecule has 0 nitrogen and oxygen atoms in total. The van der Waals surface area contributed by atoms with Gasteiger partial charge in [-0.2, -0.15) is 0 Å². The predicted octanol–water partition coefficient (Wildman–Crippen LogP) is 4.37. The molecular formula is C12H22. The lowest BCUT2D eigenvalue weighted by atomic mass is 10.0. The molecule has 0 bridgehead atoms. The first-order valence-electron chi connectivity index (χ1n) is 5.71. The Balaban J connectivity index is 2.00. The standard InChI is InChI=1S/C12H22/c1-2-4-6-8-10-12-11-9-7-5-3-1/h1-11H2. The molecule has 1 aliphatic rings. The van der Waals surface area contributed by atoms with Crippen LogP contribution in [0, 0.1) is 6.42 Å². The molecule has 1 aliphatic carbocycles. The van der Waals surface area contributed by atoms with Gasteiger partial charge in [0.15, 0.2) is 0 Å². The highest BCUT2D eigenvalue weighted by Crippen LogP contribution is 2.15. The Hall–Kier alpha value is 0. The number of hydrogen-bond acceptors (Lipinski definition) is 0. The van der Waals surface area contributed by atoms with E-state index in [1.54, 1.807) is 0 Å². The maximum atomic E-state index is 3.50. The van der Waals surface area contributed by atoms with Crippen molar-refractivity contribution >= 4 is 0 Å². The molecule has 70 valence electrons. The smallest absolute Gasteiger partial charge is 0.0173 e. The Morgan fingerprint density at radius 3 is 1.17 bits per heavy atom. The van der Waals surface area contributed by atoms with E-state index in [-0.39, 0.29) is 0 Å². The Bertz CT molecular complexity index is 43.0. The van der Waals surface area contributed by atoms with Crippen molar-refractivity contribution in [3.8, 4) is 0 Å². The van der Waals surface area contributed by atoms with E-state index in [1.807, 2.05) is 0 Å². The van der Waals surface area contributed by atoms with E-state index in [9.17, 15) is 0 Å². The lowest BCUT2D eigenvalue weighted by molar-refractivity contribution is 0.538. The maximum absolute atomic E-state index is 3.50. The minimum absolute atomic E-state index is 1.25. The van der Waals surface area contributed by atoms with Gasteiger partial charge in [0, 0.05) is 0 Å². The van der Waals surface area contributed by atoms with Gasteiger partial charge >= 0.3 is 0 Å². The van der Waals surface area contributed by atoms with Gasteiger partial charge in [-0.1, -0.05) is 57.8 Å². The van der Waals surface area contributed by atoms with Crippen molar-refractivity contribution in [2.75, 3.05) is 0 Å². The monoisotopic (exact) mass is 166 g/mol. The van der Waals surface area contributed by atoms with Gasteiger partial charge in [0.2, 0.25) is 0 Å². The molecule has 0 aromatic heterocycles. The van der Waals surface area contributed by atoms with Crippen molar-refractivity contribution in [2.24, 2.45) is 0 Å². The summed E-state index contributed by atoms with van der Waals surface area (Å²) in [6.07, 6.45) is 19.0. The van der Waals surface area contributed by atoms with Gasteiger partial charge in [-0.25, -0.2) is 0 Å². The molecule has 0 heteroatoms. The summed E-state index contributed by atoms with van der Waals surface area (Å²) in [5, 5.41) is 0. The fourth-order valence-electron chi connectivity index (χ4n) is 1.86. The number of rotatable bonds is 0. The Kier molecular flexibility index (Phi) is 6.42. The fourth-order valence-corrected chi connectivity index (χ4v) is 1.86. The van der Waals surface area contributed by atoms with Crippen LogP contribution in [0.25, 0.3) is 0 Å². The lowest BCUT2D eigenvalue weighted by Crippen LogP contribution is -1.86. The van der Waals surface area contributed by atoms with Crippen LogP contribution in [0.3, 0.4) is 0 Å². The molecule has 0 aromatic rings. The van der Waals surface area contributed by atoms with Crippen LogP contribution in [0.4, 0.5) is 0 Å². The molecular weight excluding hydrogens is 144 g/mol. The van der Waals surface area contributed by atoms with Crippen LogP contribution in [-0.2, 0) is 0 Å². The zero-order chi connectivity index (χ0) is 8.49. The first-order chi connectivity index (χ1) is 6.00. The molecule has 1 saturated carbocycles. The zero-order valence-corrected chi connectivity index (χ0v) is 8.28. The largest absolute Gasteiger partial charge is 0.0533 e. The van der Waals surface area contributed by atoms with E-state index in [2.05, 4.69) is 6.42 Å². The fraction of sp³-hybridized carbons (Fsp3) is 0.917. The summed E-state index contributed by atoms with van der Waals surface area (Å²) in [7, 11) is 0. The average molecular weight is 166 g/mol. The van der Waals surface area contributed by atoms with Crippen LogP contribution in [-0.4, -0.2) is 0 Å². The lowest BCUT2D eigenvalue weighted by Gasteiger charge is -2.05. The van der Waals surface area contributed by atoms with Gasteiger partial charge in [0.05, 0.1) is 0 Å². The summed E-state index contributed by atoms with van der Waals surface area (Å²) >= 11 is 0. The molecule has 0 N–H and O–H groups in total. The van der Waals surface area contributed by atoms with E-state index in [0.717, 1.165) is 0 Å². The van der Waals surface area contributed by atoms with Crippen LogP contribution in [0.2, 0.25) is 0 Å². The summed E-state index contributed by atoms with van der Waals surface area (Å²) < 4.78 is 0.